The lowest BCUT2D eigenvalue weighted by atomic mass is 10.4. The van der Waals surface area contributed by atoms with E-state index in [1.165, 1.54) is 22.6 Å². The highest BCUT2D eigenvalue weighted by Crippen LogP contribution is 2.17. The average Bonchev–Trinajstić information content (AvgIpc) is 2.30. The summed E-state index contributed by atoms with van der Waals surface area (Å²) in [6.45, 7) is 2.38. The summed E-state index contributed by atoms with van der Waals surface area (Å²) in [5.74, 6) is 2.41. The lowest BCUT2D eigenvalue weighted by Gasteiger charge is -2.18. The molecule has 0 amide bonds. The minimum Gasteiger partial charge on any atom is -0.243 e. The Morgan fingerprint density at radius 1 is 1.59 bits per heavy atom. The van der Waals surface area contributed by atoms with E-state index >= 15 is 0 Å². The summed E-state index contributed by atoms with van der Waals surface area (Å²) >= 11 is 5.75. The smallest absolute Gasteiger partial charge is 0.243 e. The fraction of sp³-hybridized carbons (Fsp3) is 0.364. The summed E-state index contributed by atoms with van der Waals surface area (Å²) in [4.78, 5) is 3.82. The van der Waals surface area contributed by atoms with Crippen molar-refractivity contribution in [1.29, 1.82) is 0 Å². The number of hydrogen-bond donors (Lipinski definition) is 0. The van der Waals surface area contributed by atoms with E-state index in [9.17, 15) is 8.42 Å². The molecule has 0 bridgehead atoms. The van der Waals surface area contributed by atoms with Crippen molar-refractivity contribution in [3.8, 4) is 12.3 Å². The number of sulfonamides is 1. The number of halogens is 1. The van der Waals surface area contributed by atoms with E-state index < -0.39 is 10.0 Å². The molecule has 0 fully saturated rings. The third kappa shape index (κ3) is 3.43. The van der Waals surface area contributed by atoms with Crippen molar-refractivity contribution in [2.75, 3.05) is 13.1 Å². The van der Waals surface area contributed by atoms with Crippen LogP contribution in [0.3, 0.4) is 0 Å². The average molecular weight is 273 g/mol. The van der Waals surface area contributed by atoms with Crippen LogP contribution >= 0.6 is 11.6 Å². The van der Waals surface area contributed by atoms with Crippen LogP contribution in [-0.2, 0) is 10.0 Å². The van der Waals surface area contributed by atoms with Crippen molar-refractivity contribution in [2.24, 2.45) is 0 Å². The van der Waals surface area contributed by atoms with Gasteiger partial charge in [0.15, 0.2) is 5.03 Å². The van der Waals surface area contributed by atoms with Gasteiger partial charge in [-0.3, -0.25) is 0 Å². The zero-order chi connectivity index (χ0) is 12.9. The molecule has 6 heteroatoms. The molecule has 0 spiro atoms. The standard InChI is InChI=1S/C11H13ClN2O2S/c1-3-5-8-14(4-2)17(15,16)11-9-10(12)6-7-13-11/h1,6-7,9H,4-5,8H2,2H3. The highest BCUT2D eigenvalue weighted by Gasteiger charge is 2.23. The van der Waals surface area contributed by atoms with Crippen LogP contribution in [0.5, 0.6) is 0 Å². The molecule has 92 valence electrons. The van der Waals surface area contributed by atoms with Crippen LogP contribution in [0.1, 0.15) is 13.3 Å². The molecule has 1 aromatic rings. The first kappa shape index (κ1) is 14.0. The van der Waals surface area contributed by atoms with Gasteiger partial charge in [0, 0.05) is 30.7 Å². The van der Waals surface area contributed by atoms with Crippen LogP contribution in [0.2, 0.25) is 5.02 Å². The maximum atomic E-state index is 12.2. The van der Waals surface area contributed by atoms with E-state index in [1.807, 2.05) is 0 Å². The number of aromatic nitrogens is 1. The second-order valence-electron chi connectivity index (χ2n) is 3.26. The molecule has 0 saturated heterocycles. The summed E-state index contributed by atoms with van der Waals surface area (Å²) in [6, 6.07) is 2.85. The zero-order valence-electron chi connectivity index (χ0n) is 9.43. The third-order valence-corrected chi connectivity index (χ3v) is 4.27. The van der Waals surface area contributed by atoms with Crippen molar-refractivity contribution >= 4 is 21.6 Å². The zero-order valence-corrected chi connectivity index (χ0v) is 11.0. The predicted molar refractivity (Wildman–Crippen MR) is 67.1 cm³/mol. The largest absolute Gasteiger partial charge is 0.260 e. The summed E-state index contributed by atoms with van der Waals surface area (Å²) < 4.78 is 25.6. The molecular weight excluding hydrogens is 260 g/mol. The van der Waals surface area contributed by atoms with Crippen molar-refractivity contribution in [1.82, 2.24) is 9.29 Å². The van der Waals surface area contributed by atoms with E-state index in [-0.39, 0.29) is 11.6 Å². The van der Waals surface area contributed by atoms with E-state index in [0.29, 0.717) is 18.0 Å². The minimum absolute atomic E-state index is 0.0520. The molecule has 1 aromatic heterocycles. The molecule has 0 aliphatic heterocycles. The van der Waals surface area contributed by atoms with Crippen LogP contribution in [0, 0.1) is 12.3 Å². The van der Waals surface area contributed by atoms with Gasteiger partial charge in [-0.05, 0) is 12.1 Å². The van der Waals surface area contributed by atoms with Crippen LogP contribution < -0.4 is 0 Å². The second-order valence-corrected chi connectivity index (χ2v) is 5.58. The second kappa shape index (κ2) is 6.01. The van der Waals surface area contributed by atoms with Crippen LogP contribution in [0.25, 0.3) is 0 Å². The van der Waals surface area contributed by atoms with E-state index in [4.69, 9.17) is 18.0 Å². The van der Waals surface area contributed by atoms with Gasteiger partial charge in [0.25, 0.3) is 10.0 Å². The summed E-state index contributed by atoms with van der Waals surface area (Å²) in [5.41, 5.74) is 0. The van der Waals surface area contributed by atoms with Gasteiger partial charge in [-0.15, -0.1) is 12.3 Å². The van der Waals surface area contributed by atoms with Gasteiger partial charge < -0.3 is 0 Å². The van der Waals surface area contributed by atoms with Gasteiger partial charge >= 0.3 is 0 Å². The first-order chi connectivity index (χ1) is 8.02. The van der Waals surface area contributed by atoms with E-state index in [0.717, 1.165) is 0 Å². The number of nitrogens with zero attached hydrogens (tertiary/aromatic N) is 2. The Morgan fingerprint density at radius 3 is 2.82 bits per heavy atom. The highest BCUT2D eigenvalue weighted by molar-refractivity contribution is 7.89. The summed E-state index contributed by atoms with van der Waals surface area (Å²) in [5, 5.41) is 0.287. The maximum Gasteiger partial charge on any atom is 0.260 e. The molecule has 0 aliphatic rings. The Kier molecular flexibility index (Phi) is 4.94. The molecular formula is C11H13ClN2O2S. The Hall–Kier alpha value is -1.09. The fourth-order valence-corrected chi connectivity index (χ4v) is 2.93. The number of hydrogen-bond acceptors (Lipinski definition) is 3. The quantitative estimate of drug-likeness (QED) is 0.768. The Labute approximate surface area is 107 Å². The van der Waals surface area contributed by atoms with Gasteiger partial charge in [0.05, 0.1) is 0 Å². The summed E-state index contributed by atoms with van der Waals surface area (Å²) in [6.07, 6.45) is 6.86. The molecule has 0 N–H and O–H groups in total. The van der Waals surface area contributed by atoms with E-state index in [2.05, 4.69) is 10.9 Å². The Balaban J connectivity index is 3.05. The molecule has 0 saturated carbocycles. The van der Waals surface area contributed by atoms with Gasteiger partial charge in [0.2, 0.25) is 0 Å². The van der Waals surface area contributed by atoms with Crippen molar-refractivity contribution in [2.45, 2.75) is 18.4 Å². The van der Waals surface area contributed by atoms with E-state index in [1.54, 1.807) is 6.92 Å². The van der Waals surface area contributed by atoms with Crippen molar-refractivity contribution in [3.63, 3.8) is 0 Å². The first-order valence-electron chi connectivity index (χ1n) is 5.07. The lowest BCUT2D eigenvalue weighted by Crippen LogP contribution is -2.32. The maximum absolute atomic E-state index is 12.2. The van der Waals surface area contributed by atoms with Crippen LogP contribution in [0.15, 0.2) is 23.4 Å². The molecule has 0 aromatic carbocycles. The van der Waals surface area contributed by atoms with Crippen molar-refractivity contribution < 1.29 is 8.42 Å². The molecule has 0 atom stereocenters. The first-order valence-corrected chi connectivity index (χ1v) is 6.89. The molecule has 0 aliphatic carbocycles. The minimum atomic E-state index is -3.60. The van der Waals surface area contributed by atoms with Crippen LogP contribution in [-0.4, -0.2) is 30.8 Å². The monoisotopic (exact) mass is 272 g/mol. The number of pyridine rings is 1. The normalized spacial score (nSPS) is 11.4. The number of terminal acetylenes is 1. The highest BCUT2D eigenvalue weighted by atomic mass is 35.5. The topological polar surface area (TPSA) is 50.3 Å². The van der Waals surface area contributed by atoms with Gasteiger partial charge in [-0.25, -0.2) is 13.4 Å². The fourth-order valence-electron chi connectivity index (χ4n) is 1.30. The van der Waals surface area contributed by atoms with Gasteiger partial charge in [0.1, 0.15) is 0 Å². The van der Waals surface area contributed by atoms with Gasteiger partial charge in [-0.1, -0.05) is 18.5 Å². The van der Waals surface area contributed by atoms with Crippen molar-refractivity contribution in [3.05, 3.63) is 23.4 Å². The molecule has 1 heterocycles. The molecule has 17 heavy (non-hydrogen) atoms. The molecule has 4 nitrogen and oxygen atoms in total. The Bertz CT molecular complexity index is 523. The molecule has 0 unspecified atom stereocenters. The third-order valence-electron chi connectivity index (χ3n) is 2.16. The number of rotatable bonds is 5. The van der Waals surface area contributed by atoms with Crippen LogP contribution in [0.4, 0.5) is 0 Å². The Morgan fingerprint density at radius 2 is 2.29 bits per heavy atom. The molecule has 1 rings (SSSR count). The summed E-state index contributed by atoms with van der Waals surface area (Å²) in [7, 11) is -3.60. The molecule has 0 radical (unpaired) electrons. The SMILES string of the molecule is C#CCCN(CC)S(=O)(=O)c1cc(Cl)ccn1. The lowest BCUT2D eigenvalue weighted by molar-refractivity contribution is 0.433. The predicted octanol–water partition coefficient (Wildman–Crippen LogP) is 1.77. The van der Waals surface area contributed by atoms with Gasteiger partial charge in [-0.2, -0.15) is 4.31 Å².